The molecular weight excluding hydrogens is 426 g/mol. The van der Waals surface area contributed by atoms with Crippen LogP contribution in [-0.4, -0.2) is 68.8 Å². The summed E-state index contributed by atoms with van der Waals surface area (Å²) in [6.07, 6.45) is 11.4. The zero-order valence-corrected chi connectivity index (χ0v) is 19.8. The summed E-state index contributed by atoms with van der Waals surface area (Å²) in [4.78, 5) is 28.4. The maximum Gasteiger partial charge on any atom is 0.233 e. The first kappa shape index (κ1) is 22.2. The highest BCUT2D eigenvalue weighted by Crippen LogP contribution is 2.33. The molecule has 1 saturated heterocycles. The molecule has 0 spiro atoms. The number of allylic oxidation sites excluding steroid dienone is 2. The van der Waals surface area contributed by atoms with E-state index in [9.17, 15) is 0 Å². The van der Waals surface area contributed by atoms with Crippen molar-refractivity contribution in [2.45, 2.75) is 32.8 Å². The Labute approximate surface area is 200 Å². The monoisotopic (exact) mass is 457 g/mol. The average molecular weight is 458 g/mol. The third-order valence-corrected chi connectivity index (χ3v) is 6.25. The van der Waals surface area contributed by atoms with Crippen molar-refractivity contribution >= 4 is 33.9 Å². The van der Waals surface area contributed by atoms with Crippen LogP contribution in [0.1, 0.15) is 33.8 Å². The number of aromatic nitrogens is 5. The van der Waals surface area contributed by atoms with Crippen LogP contribution in [0.25, 0.3) is 38.8 Å². The molecule has 1 aromatic carbocycles. The molecule has 0 aliphatic carbocycles. The number of nitrogens with zero attached hydrogens (tertiary/aromatic N) is 6. The van der Waals surface area contributed by atoms with Gasteiger partial charge in [0, 0.05) is 44.6 Å². The first-order chi connectivity index (χ1) is 16.7. The Morgan fingerprint density at radius 3 is 2.88 bits per heavy atom. The molecule has 8 nitrogen and oxygen atoms in total. The second-order valence-electron chi connectivity index (χ2n) is 8.55. The lowest BCUT2D eigenvalue weighted by Crippen LogP contribution is -2.35. The molecule has 176 valence electrons. The standard InChI is InChI=1S/C26H29N7O.H2/c1-4-17(13-27-5-2)25-24-20(14-29-26(24)31-16-30-25)18-6-7-21-22(12-18)32-23(15-28-21)34-19-8-10-33(3)11-9-19;/h4,6-7,12-16,19H,5,8-11H2,1-3H3,(H,29,30,31);1H/b17-4+,27-13?;. The Morgan fingerprint density at radius 2 is 2.09 bits per heavy atom. The SMILES string of the molecule is C/C=C(\C=NCC)c1ncnc2[nH]cc(-c3ccc4ncc(OC5CCN(C)CC5)nc4c3)c12.[HH]. The maximum atomic E-state index is 6.17. The lowest BCUT2D eigenvalue weighted by atomic mass is 10.0. The predicted molar refractivity (Wildman–Crippen MR) is 138 cm³/mol. The van der Waals surface area contributed by atoms with Crippen LogP contribution in [0.5, 0.6) is 5.88 Å². The fourth-order valence-electron chi connectivity index (χ4n) is 4.36. The molecule has 0 amide bonds. The van der Waals surface area contributed by atoms with Crippen molar-refractivity contribution in [3.63, 3.8) is 0 Å². The lowest BCUT2D eigenvalue weighted by molar-refractivity contribution is 0.110. The summed E-state index contributed by atoms with van der Waals surface area (Å²) in [5.41, 5.74) is 6.27. The average Bonchev–Trinajstić information content (AvgIpc) is 3.30. The number of aliphatic imine (C=N–C) groups is 1. The molecule has 0 unspecified atom stereocenters. The topological polar surface area (TPSA) is 92.2 Å². The number of fused-ring (bicyclic) bond motifs is 2. The van der Waals surface area contributed by atoms with Crippen LogP contribution in [0, 0.1) is 0 Å². The molecule has 34 heavy (non-hydrogen) atoms. The highest BCUT2D eigenvalue weighted by atomic mass is 16.5. The van der Waals surface area contributed by atoms with Crippen LogP contribution in [0.4, 0.5) is 0 Å². The van der Waals surface area contributed by atoms with E-state index in [4.69, 9.17) is 9.72 Å². The fourth-order valence-corrected chi connectivity index (χ4v) is 4.36. The van der Waals surface area contributed by atoms with E-state index in [2.05, 4.69) is 49.0 Å². The van der Waals surface area contributed by atoms with Crippen LogP contribution in [0.3, 0.4) is 0 Å². The normalized spacial score (nSPS) is 16.1. The molecule has 4 heterocycles. The summed E-state index contributed by atoms with van der Waals surface area (Å²) in [6, 6.07) is 6.11. The molecule has 4 aromatic rings. The summed E-state index contributed by atoms with van der Waals surface area (Å²) < 4.78 is 6.17. The molecule has 3 aromatic heterocycles. The summed E-state index contributed by atoms with van der Waals surface area (Å²) in [5.74, 6) is 0.578. The van der Waals surface area contributed by atoms with Crippen LogP contribution in [0.2, 0.25) is 0 Å². The van der Waals surface area contributed by atoms with Crippen molar-refractivity contribution in [3.05, 3.63) is 48.7 Å². The summed E-state index contributed by atoms with van der Waals surface area (Å²) in [7, 11) is 2.14. The van der Waals surface area contributed by atoms with Crippen molar-refractivity contribution in [3.8, 4) is 17.0 Å². The van der Waals surface area contributed by atoms with Crippen molar-refractivity contribution in [1.29, 1.82) is 0 Å². The van der Waals surface area contributed by atoms with E-state index in [1.165, 1.54) is 0 Å². The van der Waals surface area contributed by atoms with Crippen LogP contribution in [-0.2, 0) is 0 Å². The number of nitrogens with one attached hydrogen (secondary N) is 1. The zero-order chi connectivity index (χ0) is 23.5. The molecule has 1 N–H and O–H groups in total. The van der Waals surface area contributed by atoms with E-state index in [1.807, 2.05) is 38.4 Å². The summed E-state index contributed by atoms with van der Waals surface area (Å²) in [6.45, 7) is 6.81. The lowest BCUT2D eigenvalue weighted by Gasteiger charge is -2.28. The minimum absolute atomic E-state index is 0. The van der Waals surface area contributed by atoms with Gasteiger partial charge in [0.05, 0.1) is 28.3 Å². The molecule has 5 rings (SSSR count). The quantitative estimate of drug-likeness (QED) is 0.419. The third-order valence-electron chi connectivity index (χ3n) is 6.25. The van der Waals surface area contributed by atoms with Gasteiger partial charge >= 0.3 is 0 Å². The number of ether oxygens (including phenoxy) is 1. The van der Waals surface area contributed by atoms with Gasteiger partial charge in [0.25, 0.3) is 0 Å². The Kier molecular flexibility index (Phi) is 6.31. The van der Waals surface area contributed by atoms with Crippen molar-refractivity contribution in [1.82, 2.24) is 29.8 Å². The van der Waals surface area contributed by atoms with Gasteiger partial charge in [-0.3, -0.25) is 4.99 Å². The number of benzene rings is 1. The summed E-state index contributed by atoms with van der Waals surface area (Å²) in [5, 5.41) is 0.962. The molecule has 1 fully saturated rings. The first-order valence-electron chi connectivity index (χ1n) is 11.8. The Morgan fingerprint density at radius 1 is 1.24 bits per heavy atom. The number of hydrogen-bond donors (Lipinski definition) is 1. The van der Waals surface area contributed by atoms with Gasteiger partial charge in [0.15, 0.2) is 0 Å². The van der Waals surface area contributed by atoms with E-state index in [0.29, 0.717) is 5.88 Å². The number of piperidine rings is 1. The second-order valence-corrected chi connectivity index (χ2v) is 8.55. The molecule has 0 bridgehead atoms. The molecule has 8 heteroatoms. The molecule has 0 radical (unpaired) electrons. The maximum absolute atomic E-state index is 6.17. The fraction of sp³-hybridized carbons (Fsp3) is 0.346. The van der Waals surface area contributed by atoms with Crippen LogP contribution in [0.15, 0.2) is 48.0 Å². The Bertz CT molecular complexity index is 1370. The number of hydrogen-bond acceptors (Lipinski definition) is 7. The predicted octanol–water partition coefficient (Wildman–Crippen LogP) is 4.78. The van der Waals surface area contributed by atoms with Gasteiger partial charge in [-0.1, -0.05) is 12.1 Å². The Balaban J connectivity index is 0.00000289. The Hall–Kier alpha value is -3.65. The number of likely N-dealkylation sites (tertiary alicyclic amines) is 1. The molecule has 0 atom stereocenters. The van der Waals surface area contributed by atoms with Crippen molar-refractivity contribution in [2.75, 3.05) is 26.7 Å². The molecule has 0 saturated carbocycles. The zero-order valence-electron chi connectivity index (χ0n) is 19.8. The van der Waals surface area contributed by atoms with Crippen LogP contribution >= 0.6 is 0 Å². The number of H-pyrrole nitrogens is 1. The first-order valence-corrected chi connectivity index (χ1v) is 11.8. The minimum Gasteiger partial charge on any atom is -0.473 e. The third kappa shape index (κ3) is 4.41. The molecular formula is C26H31N7O. The van der Waals surface area contributed by atoms with Gasteiger partial charge in [-0.25, -0.2) is 19.9 Å². The van der Waals surface area contributed by atoms with Gasteiger partial charge in [-0.2, -0.15) is 0 Å². The van der Waals surface area contributed by atoms with Gasteiger partial charge in [-0.05, 0) is 51.4 Å². The minimum atomic E-state index is 0. The summed E-state index contributed by atoms with van der Waals surface area (Å²) >= 11 is 0. The van der Waals surface area contributed by atoms with Gasteiger partial charge < -0.3 is 14.6 Å². The van der Waals surface area contributed by atoms with Gasteiger partial charge in [0.2, 0.25) is 5.88 Å². The largest absolute Gasteiger partial charge is 0.473 e. The van der Waals surface area contributed by atoms with Gasteiger partial charge in [0.1, 0.15) is 18.1 Å². The van der Waals surface area contributed by atoms with E-state index in [-0.39, 0.29) is 7.53 Å². The highest BCUT2D eigenvalue weighted by molar-refractivity contribution is 6.15. The molecule has 1 aliphatic rings. The van der Waals surface area contributed by atoms with Crippen molar-refractivity contribution < 1.29 is 6.16 Å². The second kappa shape index (κ2) is 9.69. The highest BCUT2D eigenvalue weighted by Gasteiger charge is 2.19. The number of rotatable bonds is 6. The van der Waals surface area contributed by atoms with Crippen molar-refractivity contribution in [2.24, 2.45) is 4.99 Å². The van der Waals surface area contributed by atoms with E-state index in [1.54, 1.807) is 12.5 Å². The van der Waals surface area contributed by atoms with E-state index >= 15 is 0 Å². The molecule has 1 aliphatic heterocycles. The van der Waals surface area contributed by atoms with E-state index in [0.717, 1.165) is 76.9 Å². The smallest absolute Gasteiger partial charge is 0.233 e. The van der Waals surface area contributed by atoms with E-state index < -0.39 is 0 Å². The van der Waals surface area contributed by atoms with Crippen LogP contribution < -0.4 is 4.74 Å². The van der Waals surface area contributed by atoms with Gasteiger partial charge in [-0.15, -0.1) is 0 Å². The number of aromatic amines is 1.